The number of ketones is 2. The number of halogens is 1. The standard InChI is InChI=1S/C23H39FO7/c1-10-16-23(8,29)19(27)14(4)17(25)12(2)11-21(6,30-9)15(5)13(3)18(26)22(7,24)20(28)31-16/h12-16,19,27,29H,10-11H2,1-9H3. The third-order valence-electron chi connectivity index (χ3n) is 7.43. The van der Waals surface area contributed by atoms with E-state index in [-0.39, 0.29) is 18.6 Å². The number of methoxy groups -OCH3 is 1. The minimum Gasteiger partial charge on any atom is -0.457 e. The van der Waals surface area contributed by atoms with Crippen molar-refractivity contribution in [3.05, 3.63) is 0 Å². The molecule has 31 heavy (non-hydrogen) atoms. The maximum Gasteiger partial charge on any atom is 0.351 e. The number of ether oxygens (including phenoxy) is 2. The predicted molar refractivity (Wildman–Crippen MR) is 113 cm³/mol. The lowest BCUT2D eigenvalue weighted by molar-refractivity contribution is -0.196. The Morgan fingerprint density at radius 1 is 1.10 bits per heavy atom. The molecular weight excluding hydrogens is 407 g/mol. The van der Waals surface area contributed by atoms with Crippen LogP contribution in [-0.4, -0.2) is 63.9 Å². The molecule has 8 heteroatoms. The van der Waals surface area contributed by atoms with Crippen molar-refractivity contribution in [1.29, 1.82) is 0 Å². The van der Waals surface area contributed by atoms with Crippen LogP contribution in [0.4, 0.5) is 4.39 Å². The van der Waals surface area contributed by atoms with Gasteiger partial charge in [-0.25, -0.2) is 9.18 Å². The quantitative estimate of drug-likeness (QED) is 0.496. The number of esters is 1. The highest BCUT2D eigenvalue weighted by molar-refractivity contribution is 6.07. The summed E-state index contributed by atoms with van der Waals surface area (Å²) in [5.74, 6) is -5.69. The van der Waals surface area contributed by atoms with Crippen molar-refractivity contribution >= 4 is 17.5 Å². The summed E-state index contributed by atoms with van der Waals surface area (Å²) in [5, 5.41) is 21.8. The van der Waals surface area contributed by atoms with Crippen molar-refractivity contribution in [2.24, 2.45) is 23.7 Å². The van der Waals surface area contributed by atoms with Crippen LogP contribution in [0, 0.1) is 23.7 Å². The number of rotatable bonds is 2. The second-order valence-electron chi connectivity index (χ2n) is 9.73. The normalized spacial score (nSPS) is 46.4. The van der Waals surface area contributed by atoms with Crippen LogP contribution in [-0.2, 0) is 23.9 Å². The first kappa shape index (κ1) is 27.7. The van der Waals surface area contributed by atoms with Crippen LogP contribution < -0.4 is 0 Å². The van der Waals surface area contributed by atoms with Crippen LogP contribution in [0.3, 0.4) is 0 Å². The maximum absolute atomic E-state index is 15.4. The van der Waals surface area contributed by atoms with Gasteiger partial charge in [0.05, 0.1) is 11.7 Å². The Balaban J connectivity index is 3.59. The van der Waals surface area contributed by atoms with E-state index in [1.807, 2.05) is 0 Å². The van der Waals surface area contributed by atoms with Crippen molar-refractivity contribution in [2.45, 2.75) is 97.3 Å². The van der Waals surface area contributed by atoms with E-state index in [9.17, 15) is 24.6 Å². The summed E-state index contributed by atoms with van der Waals surface area (Å²) < 4.78 is 26.3. The monoisotopic (exact) mass is 446 g/mol. The van der Waals surface area contributed by atoms with E-state index < -0.39 is 64.5 Å². The number of aliphatic hydroxyl groups excluding tert-OH is 1. The minimum atomic E-state index is -2.95. The summed E-state index contributed by atoms with van der Waals surface area (Å²) >= 11 is 0. The van der Waals surface area contributed by atoms with Gasteiger partial charge in [0.1, 0.15) is 17.5 Å². The zero-order valence-corrected chi connectivity index (χ0v) is 20.2. The average molecular weight is 447 g/mol. The number of hydrogen-bond donors (Lipinski definition) is 2. The first-order valence-corrected chi connectivity index (χ1v) is 10.9. The highest BCUT2D eigenvalue weighted by atomic mass is 19.1. The molecular formula is C23H39FO7. The molecule has 1 aliphatic heterocycles. The highest BCUT2D eigenvalue weighted by Gasteiger charge is 2.53. The summed E-state index contributed by atoms with van der Waals surface area (Å²) in [4.78, 5) is 38.7. The Hall–Kier alpha value is -1.38. The summed E-state index contributed by atoms with van der Waals surface area (Å²) in [6.45, 7) is 11.8. The van der Waals surface area contributed by atoms with E-state index in [4.69, 9.17) is 9.47 Å². The molecule has 0 aromatic carbocycles. The molecule has 0 amide bonds. The molecule has 0 aromatic rings. The molecule has 9 unspecified atom stereocenters. The third-order valence-corrected chi connectivity index (χ3v) is 7.43. The van der Waals surface area contributed by atoms with Gasteiger partial charge in [-0.1, -0.05) is 34.6 Å². The fourth-order valence-corrected chi connectivity index (χ4v) is 4.60. The molecule has 1 saturated heterocycles. The lowest BCUT2D eigenvalue weighted by Crippen LogP contribution is -2.58. The zero-order valence-electron chi connectivity index (χ0n) is 20.2. The molecule has 0 spiro atoms. The molecule has 0 bridgehead atoms. The van der Waals surface area contributed by atoms with E-state index in [0.717, 1.165) is 6.92 Å². The van der Waals surface area contributed by atoms with Gasteiger partial charge in [-0.15, -0.1) is 0 Å². The Bertz CT molecular complexity index is 689. The number of hydrogen-bond acceptors (Lipinski definition) is 7. The SMILES string of the molecule is CCC1OC(=O)C(C)(F)C(=O)C(C)C(C)C(C)(OC)CC(C)C(=O)C(C)C(O)C1(C)O. The number of cyclic esters (lactones) is 1. The van der Waals surface area contributed by atoms with Crippen LogP contribution in [0.5, 0.6) is 0 Å². The van der Waals surface area contributed by atoms with Crippen LogP contribution >= 0.6 is 0 Å². The molecule has 180 valence electrons. The first-order valence-electron chi connectivity index (χ1n) is 10.9. The second kappa shape index (κ2) is 9.63. The fraction of sp³-hybridized carbons (Fsp3) is 0.870. The largest absolute Gasteiger partial charge is 0.457 e. The van der Waals surface area contributed by atoms with Gasteiger partial charge >= 0.3 is 5.97 Å². The second-order valence-corrected chi connectivity index (χ2v) is 9.73. The molecule has 0 saturated carbocycles. The molecule has 0 radical (unpaired) electrons. The average Bonchev–Trinajstić information content (AvgIpc) is 2.72. The molecule has 0 aromatic heterocycles. The smallest absolute Gasteiger partial charge is 0.351 e. The van der Waals surface area contributed by atoms with Crippen molar-refractivity contribution in [1.82, 2.24) is 0 Å². The van der Waals surface area contributed by atoms with Gasteiger partial charge in [0, 0.05) is 24.9 Å². The van der Waals surface area contributed by atoms with Gasteiger partial charge in [0.25, 0.3) is 5.67 Å². The molecule has 1 fully saturated rings. The number of Topliss-reactive ketones (excluding diaryl/α,β-unsaturated/α-hetero) is 2. The van der Waals surface area contributed by atoms with E-state index >= 15 is 4.39 Å². The number of carbonyl (C=O) groups is 3. The molecule has 0 aliphatic carbocycles. The molecule has 9 atom stereocenters. The van der Waals surface area contributed by atoms with Crippen molar-refractivity contribution in [3.8, 4) is 0 Å². The predicted octanol–water partition coefficient (Wildman–Crippen LogP) is 2.64. The van der Waals surface area contributed by atoms with Crippen molar-refractivity contribution < 1.29 is 38.5 Å². The number of carbonyl (C=O) groups excluding carboxylic acids is 3. The maximum atomic E-state index is 15.4. The summed E-state index contributed by atoms with van der Waals surface area (Å²) in [5.41, 5.74) is -5.97. The molecule has 1 aliphatic rings. The number of aliphatic hydroxyl groups is 2. The van der Waals surface area contributed by atoms with Gasteiger partial charge in [-0.3, -0.25) is 9.59 Å². The molecule has 2 N–H and O–H groups in total. The van der Waals surface area contributed by atoms with E-state index in [2.05, 4.69) is 0 Å². The topological polar surface area (TPSA) is 110 Å². The summed E-state index contributed by atoms with van der Waals surface area (Å²) in [6.07, 6.45) is -2.63. The minimum absolute atomic E-state index is 0.0459. The van der Waals surface area contributed by atoms with Gasteiger partial charge in [-0.05, 0) is 39.5 Å². The van der Waals surface area contributed by atoms with Crippen molar-refractivity contribution in [3.63, 3.8) is 0 Å². The van der Waals surface area contributed by atoms with Gasteiger partial charge < -0.3 is 19.7 Å². The Labute approximate surface area is 184 Å². The Kier molecular flexibility index (Phi) is 8.59. The first-order chi connectivity index (χ1) is 14.0. The van der Waals surface area contributed by atoms with Gasteiger partial charge in [-0.2, -0.15) is 0 Å². The van der Waals surface area contributed by atoms with E-state index in [0.29, 0.717) is 0 Å². The molecule has 1 heterocycles. The van der Waals surface area contributed by atoms with Gasteiger partial charge in [0.15, 0.2) is 5.78 Å². The van der Waals surface area contributed by atoms with Crippen LogP contribution in [0.25, 0.3) is 0 Å². The van der Waals surface area contributed by atoms with Crippen LogP contribution in [0.2, 0.25) is 0 Å². The van der Waals surface area contributed by atoms with E-state index in [1.54, 1.807) is 27.7 Å². The summed E-state index contributed by atoms with van der Waals surface area (Å²) in [7, 11) is 1.45. The van der Waals surface area contributed by atoms with E-state index in [1.165, 1.54) is 27.9 Å². The van der Waals surface area contributed by atoms with Crippen molar-refractivity contribution in [2.75, 3.05) is 7.11 Å². The lowest BCUT2D eigenvalue weighted by Gasteiger charge is -2.42. The fourth-order valence-electron chi connectivity index (χ4n) is 4.60. The zero-order chi connectivity index (χ0) is 24.5. The third kappa shape index (κ3) is 5.17. The molecule has 1 rings (SSSR count). The summed E-state index contributed by atoms with van der Waals surface area (Å²) in [6, 6.07) is 0. The lowest BCUT2D eigenvalue weighted by atomic mass is 9.70. The van der Waals surface area contributed by atoms with Gasteiger partial charge in [0.2, 0.25) is 0 Å². The number of alkyl halides is 1. The Morgan fingerprint density at radius 2 is 1.61 bits per heavy atom. The highest BCUT2D eigenvalue weighted by Crippen LogP contribution is 2.38. The van der Waals surface area contributed by atoms with Crippen LogP contribution in [0.1, 0.15) is 68.2 Å². The molecule has 7 nitrogen and oxygen atoms in total. The Morgan fingerprint density at radius 3 is 2.06 bits per heavy atom. The van der Waals surface area contributed by atoms with Crippen LogP contribution in [0.15, 0.2) is 0 Å².